The fourth-order valence-electron chi connectivity index (χ4n) is 3.44. The van der Waals surface area contributed by atoms with Crippen molar-refractivity contribution in [3.63, 3.8) is 0 Å². The molecule has 2 heterocycles. The number of carbonyl (C=O) groups is 2. The van der Waals surface area contributed by atoms with E-state index in [-0.39, 0.29) is 30.4 Å². The van der Waals surface area contributed by atoms with Crippen LogP contribution in [0.1, 0.15) is 18.4 Å². The van der Waals surface area contributed by atoms with E-state index in [1.807, 2.05) is 24.3 Å². The summed E-state index contributed by atoms with van der Waals surface area (Å²) in [5.41, 5.74) is 7.33. The normalized spacial score (nSPS) is 22.2. The molecule has 3 rings (SSSR count). The van der Waals surface area contributed by atoms with Gasteiger partial charge in [-0.3, -0.25) is 9.59 Å². The second-order valence-electron chi connectivity index (χ2n) is 6.75. The van der Waals surface area contributed by atoms with Gasteiger partial charge in [-0.2, -0.15) is 0 Å². The standard InChI is InChI=1S/C18H25N3O3/c1-20-8-6-15(7-9-20)24-12-17(22)21-11-14(18(19)23)10-13-4-2-3-5-16(13)21/h2-5,14-15H,6-12H2,1H3,(H2,19,23). The van der Waals surface area contributed by atoms with Gasteiger partial charge in [0.2, 0.25) is 5.91 Å². The number of hydrogen-bond donors (Lipinski definition) is 1. The van der Waals surface area contributed by atoms with Crippen molar-refractivity contribution < 1.29 is 14.3 Å². The molecule has 6 nitrogen and oxygen atoms in total. The number of ether oxygens (including phenoxy) is 1. The van der Waals surface area contributed by atoms with Gasteiger partial charge in [0.1, 0.15) is 6.61 Å². The third kappa shape index (κ3) is 3.76. The number of benzene rings is 1. The molecule has 2 N–H and O–H groups in total. The van der Waals surface area contributed by atoms with E-state index in [0.29, 0.717) is 13.0 Å². The number of nitrogens with zero attached hydrogens (tertiary/aromatic N) is 2. The summed E-state index contributed by atoms with van der Waals surface area (Å²) in [7, 11) is 2.09. The van der Waals surface area contributed by atoms with Crippen LogP contribution in [0.5, 0.6) is 0 Å². The van der Waals surface area contributed by atoms with Gasteiger partial charge in [0.05, 0.1) is 12.0 Å². The molecule has 1 atom stereocenters. The van der Waals surface area contributed by atoms with Crippen LogP contribution in [0.2, 0.25) is 0 Å². The predicted octanol–water partition coefficient (Wildman–Crippen LogP) is 0.788. The summed E-state index contributed by atoms with van der Waals surface area (Å²) < 4.78 is 5.82. The molecule has 0 spiro atoms. The highest BCUT2D eigenvalue weighted by atomic mass is 16.5. The summed E-state index contributed by atoms with van der Waals surface area (Å²) in [5.74, 6) is -0.807. The number of anilines is 1. The van der Waals surface area contributed by atoms with Crippen LogP contribution in [-0.2, 0) is 20.7 Å². The molecule has 130 valence electrons. The Labute approximate surface area is 142 Å². The van der Waals surface area contributed by atoms with Gasteiger partial charge in [-0.25, -0.2) is 0 Å². The fourth-order valence-corrected chi connectivity index (χ4v) is 3.44. The van der Waals surface area contributed by atoms with Crippen molar-refractivity contribution in [1.82, 2.24) is 4.90 Å². The van der Waals surface area contributed by atoms with Gasteiger partial charge in [-0.1, -0.05) is 18.2 Å². The first-order valence-corrected chi connectivity index (χ1v) is 8.52. The molecule has 0 radical (unpaired) electrons. The highest BCUT2D eigenvalue weighted by Crippen LogP contribution is 2.29. The van der Waals surface area contributed by atoms with Crippen LogP contribution in [0, 0.1) is 5.92 Å². The van der Waals surface area contributed by atoms with Crippen molar-refractivity contribution in [2.45, 2.75) is 25.4 Å². The molecular formula is C18H25N3O3. The molecule has 1 unspecified atom stereocenters. The predicted molar refractivity (Wildman–Crippen MR) is 91.7 cm³/mol. The Morgan fingerprint density at radius 3 is 2.67 bits per heavy atom. The molecule has 0 saturated carbocycles. The van der Waals surface area contributed by atoms with E-state index in [9.17, 15) is 9.59 Å². The van der Waals surface area contributed by atoms with Gasteiger partial charge in [-0.05, 0) is 37.9 Å². The minimum Gasteiger partial charge on any atom is -0.369 e. The average molecular weight is 331 g/mol. The number of rotatable bonds is 4. The Morgan fingerprint density at radius 1 is 1.25 bits per heavy atom. The maximum atomic E-state index is 12.7. The summed E-state index contributed by atoms with van der Waals surface area (Å²) in [6.07, 6.45) is 2.62. The third-order valence-electron chi connectivity index (χ3n) is 4.96. The largest absolute Gasteiger partial charge is 0.369 e. The van der Waals surface area contributed by atoms with Crippen LogP contribution in [0.15, 0.2) is 24.3 Å². The Hall–Kier alpha value is -1.92. The van der Waals surface area contributed by atoms with E-state index in [0.717, 1.165) is 37.2 Å². The second kappa shape index (κ2) is 7.32. The number of carbonyl (C=O) groups excluding carboxylic acids is 2. The van der Waals surface area contributed by atoms with Gasteiger partial charge in [0.15, 0.2) is 0 Å². The van der Waals surface area contributed by atoms with Gasteiger partial charge in [0, 0.05) is 25.3 Å². The minimum atomic E-state index is -0.362. The highest BCUT2D eigenvalue weighted by molar-refractivity contribution is 5.96. The van der Waals surface area contributed by atoms with Crippen molar-refractivity contribution in [3.8, 4) is 0 Å². The number of fused-ring (bicyclic) bond motifs is 1. The average Bonchev–Trinajstić information content (AvgIpc) is 2.60. The van der Waals surface area contributed by atoms with Crippen molar-refractivity contribution in [2.75, 3.05) is 38.2 Å². The molecule has 2 amide bonds. The Morgan fingerprint density at radius 2 is 1.96 bits per heavy atom. The number of nitrogens with two attached hydrogens (primary N) is 1. The summed E-state index contributed by atoms with van der Waals surface area (Å²) in [6, 6.07) is 7.68. The van der Waals surface area contributed by atoms with E-state index in [1.54, 1.807) is 4.90 Å². The maximum Gasteiger partial charge on any atom is 0.253 e. The van der Waals surface area contributed by atoms with Crippen LogP contribution in [0.25, 0.3) is 0 Å². The molecule has 1 saturated heterocycles. The van der Waals surface area contributed by atoms with Crippen molar-refractivity contribution in [2.24, 2.45) is 11.7 Å². The van der Waals surface area contributed by atoms with E-state index in [2.05, 4.69) is 11.9 Å². The quantitative estimate of drug-likeness (QED) is 0.885. The van der Waals surface area contributed by atoms with E-state index < -0.39 is 0 Å². The maximum absolute atomic E-state index is 12.7. The molecule has 24 heavy (non-hydrogen) atoms. The zero-order valence-corrected chi connectivity index (χ0v) is 14.1. The Bertz CT molecular complexity index is 611. The highest BCUT2D eigenvalue weighted by Gasteiger charge is 2.31. The molecular weight excluding hydrogens is 306 g/mol. The molecule has 1 aromatic rings. The first-order valence-electron chi connectivity index (χ1n) is 8.52. The topological polar surface area (TPSA) is 75.9 Å². The summed E-state index contributed by atoms with van der Waals surface area (Å²) in [4.78, 5) is 28.2. The fraction of sp³-hybridized carbons (Fsp3) is 0.556. The van der Waals surface area contributed by atoms with E-state index in [1.165, 1.54) is 0 Å². The van der Waals surface area contributed by atoms with Crippen molar-refractivity contribution in [3.05, 3.63) is 29.8 Å². The zero-order chi connectivity index (χ0) is 17.1. The third-order valence-corrected chi connectivity index (χ3v) is 4.96. The monoisotopic (exact) mass is 331 g/mol. The van der Waals surface area contributed by atoms with E-state index in [4.69, 9.17) is 10.5 Å². The van der Waals surface area contributed by atoms with Crippen molar-refractivity contribution in [1.29, 1.82) is 0 Å². The number of likely N-dealkylation sites (tertiary alicyclic amines) is 1. The summed E-state index contributed by atoms with van der Waals surface area (Å²) in [5, 5.41) is 0. The number of primary amides is 1. The summed E-state index contributed by atoms with van der Waals surface area (Å²) in [6.45, 7) is 2.38. The van der Waals surface area contributed by atoms with Gasteiger partial charge in [-0.15, -0.1) is 0 Å². The molecule has 0 aromatic heterocycles. The number of amides is 2. The smallest absolute Gasteiger partial charge is 0.253 e. The second-order valence-corrected chi connectivity index (χ2v) is 6.75. The number of hydrogen-bond acceptors (Lipinski definition) is 4. The number of piperidine rings is 1. The first kappa shape index (κ1) is 16.9. The zero-order valence-electron chi connectivity index (χ0n) is 14.1. The van der Waals surface area contributed by atoms with Crippen LogP contribution in [0.4, 0.5) is 5.69 Å². The lowest BCUT2D eigenvalue weighted by Crippen LogP contribution is -2.46. The molecule has 0 aliphatic carbocycles. The van der Waals surface area contributed by atoms with Crippen molar-refractivity contribution >= 4 is 17.5 Å². The minimum absolute atomic E-state index is 0.0498. The Kier molecular flexibility index (Phi) is 5.16. The number of para-hydroxylation sites is 1. The van der Waals surface area contributed by atoms with Crippen LogP contribution < -0.4 is 10.6 Å². The van der Waals surface area contributed by atoms with Crippen LogP contribution in [-0.4, -0.2) is 56.1 Å². The molecule has 6 heteroatoms. The molecule has 0 bridgehead atoms. The lowest BCUT2D eigenvalue weighted by Gasteiger charge is -2.34. The van der Waals surface area contributed by atoms with E-state index >= 15 is 0 Å². The lowest BCUT2D eigenvalue weighted by molar-refractivity contribution is -0.126. The van der Waals surface area contributed by atoms with Crippen LogP contribution >= 0.6 is 0 Å². The SMILES string of the molecule is CN1CCC(OCC(=O)N2CC(C(N)=O)Cc3ccccc32)CC1. The molecule has 2 aliphatic rings. The molecule has 1 fully saturated rings. The molecule has 1 aromatic carbocycles. The van der Waals surface area contributed by atoms with Gasteiger partial charge in [0.25, 0.3) is 5.91 Å². The first-order chi connectivity index (χ1) is 11.5. The molecule has 2 aliphatic heterocycles. The summed E-state index contributed by atoms with van der Waals surface area (Å²) >= 11 is 0. The lowest BCUT2D eigenvalue weighted by atomic mass is 9.92. The van der Waals surface area contributed by atoms with Gasteiger partial charge >= 0.3 is 0 Å². The van der Waals surface area contributed by atoms with Gasteiger partial charge < -0.3 is 20.3 Å². The Balaban J connectivity index is 1.66. The van der Waals surface area contributed by atoms with Crippen LogP contribution in [0.3, 0.4) is 0 Å².